The van der Waals surface area contributed by atoms with E-state index in [1.807, 2.05) is 30.3 Å². The molecule has 1 aliphatic heterocycles. The lowest BCUT2D eigenvalue weighted by atomic mass is 10.1. The van der Waals surface area contributed by atoms with E-state index in [9.17, 15) is 13.2 Å². The Morgan fingerprint density at radius 3 is 2.25 bits per heavy atom. The number of nitrogens with zero attached hydrogens (tertiary/aromatic N) is 1. The van der Waals surface area contributed by atoms with Crippen molar-refractivity contribution < 1.29 is 18.4 Å². The topological polar surface area (TPSA) is 86.7 Å². The van der Waals surface area contributed by atoms with Gasteiger partial charge in [0.1, 0.15) is 0 Å². The van der Waals surface area contributed by atoms with Gasteiger partial charge in [-0.2, -0.15) is 4.31 Å². The van der Waals surface area contributed by atoms with Gasteiger partial charge in [0.05, 0.1) is 4.90 Å². The molecule has 2 aromatic carbocycles. The first-order valence-corrected chi connectivity index (χ1v) is 8.75. The van der Waals surface area contributed by atoms with Gasteiger partial charge in [-0.15, -0.1) is 0 Å². The highest BCUT2D eigenvalue weighted by Crippen LogP contribution is 2.24. The molecule has 7 heteroatoms. The number of benzene rings is 2. The number of hydrogen-bond acceptors (Lipinski definition) is 4. The molecule has 0 saturated carbocycles. The molecule has 0 aromatic heterocycles. The number of carbonyl (C=O) groups is 1. The van der Waals surface area contributed by atoms with Gasteiger partial charge in [-0.05, 0) is 23.3 Å². The minimum atomic E-state index is -3.69. The third kappa shape index (κ3) is 3.09. The van der Waals surface area contributed by atoms with Crippen molar-refractivity contribution in [3.63, 3.8) is 0 Å². The molecule has 0 unspecified atom stereocenters. The van der Waals surface area contributed by atoms with Gasteiger partial charge in [0.2, 0.25) is 10.0 Å². The van der Waals surface area contributed by atoms with E-state index in [1.165, 1.54) is 15.9 Å². The SMILES string of the molecule is O=C(NO)C1=CCN(S(=O)(=O)c2ccc(-c3ccccc3)cc2)C1. The van der Waals surface area contributed by atoms with Gasteiger partial charge in [0.15, 0.2) is 0 Å². The van der Waals surface area contributed by atoms with E-state index in [4.69, 9.17) is 5.21 Å². The predicted molar refractivity (Wildman–Crippen MR) is 88.6 cm³/mol. The Hall–Kier alpha value is -2.48. The van der Waals surface area contributed by atoms with Gasteiger partial charge in [-0.1, -0.05) is 48.5 Å². The molecule has 0 bridgehead atoms. The minimum absolute atomic E-state index is 0.0604. The van der Waals surface area contributed by atoms with E-state index in [2.05, 4.69) is 0 Å². The zero-order valence-corrected chi connectivity index (χ0v) is 13.5. The summed E-state index contributed by atoms with van der Waals surface area (Å²) in [7, 11) is -3.69. The smallest absolute Gasteiger partial charge is 0.271 e. The van der Waals surface area contributed by atoms with Crippen LogP contribution in [0.1, 0.15) is 0 Å². The van der Waals surface area contributed by atoms with Gasteiger partial charge >= 0.3 is 0 Å². The Balaban J connectivity index is 1.80. The van der Waals surface area contributed by atoms with E-state index in [-0.39, 0.29) is 23.6 Å². The second-order valence-electron chi connectivity index (χ2n) is 5.36. The average Bonchev–Trinajstić information content (AvgIpc) is 3.13. The van der Waals surface area contributed by atoms with Crippen molar-refractivity contribution in [3.05, 3.63) is 66.2 Å². The lowest BCUT2D eigenvalue weighted by Crippen LogP contribution is -2.31. The summed E-state index contributed by atoms with van der Waals surface area (Å²) in [6.07, 6.45) is 1.49. The number of rotatable bonds is 4. The van der Waals surface area contributed by atoms with Crippen LogP contribution in [0.2, 0.25) is 0 Å². The third-order valence-electron chi connectivity index (χ3n) is 3.88. The molecule has 6 nitrogen and oxygen atoms in total. The largest absolute Gasteiger partial charge is 0.288 e. The molecular formula is C17H16N2O4S. The molecule has 124 valence electrons. The molecular weight excluding hydrogens is 328 g/mol. The lowest BCUT2D eigenvalue weighted by molar-refractivity contribution is -0.125. The second kappa shape index (κ2) is 6.56. The molecule has 0 spiro atoms. The molecule has 0 radical (unpaired) electrons. The highest BCUT2D eigenvalue weighted by Gasteiger charge is 2.30. The summed E-state index contributed by atoms with van der Waals surface area (Å²) in [6.45, 7) is 0.0423. The predicted octanol–water partition coefficient (Wildman–Crippen LogP) is 1.79. The Morgan fingerprint density at radius 2 is 1.62 bits per heavy atom. The quantitative estimate of drug-likeness (QED) is 0.654. The Labute approximate surface area is 140 Å². The maximum Gasteiger partial charge on any atom is 0.271 e. The van der Waals surface area contributed by atoms with Crippen LogP contribution in [0.15, 0.2) is 71.1 Å². The summed E-state index contributed by atoms with van der Waals surface area (Å²) in [4.78, 5) is 11.5. The van der Waals surface area contributed by atoms with Crippen molar-refractivity contribution in [2.24, 2.45) is 0 Å². The van der Waals surface area contributed by atoms with Crippen molar-refractivity contribution in [2.45, 2.75) is 4.90 Å². The Morgan fingerprint density at radius 1 is 1.00 bits per heavy atom. The summed E-state index contributed by atoms with van der Waals surface area (Å²) >= 11 is 0. The molecule has 1 aliphatic rings. The second-order valence-corrected chi connectivity index (χ2v) is 7.30. The average molecular weight is 344 g/mol. The maximum atomic E-state index is 12.6. The van der Waals surface area contributed by atoms with Crippen LogP contribution in [0.4, 0.5) is 0 Å². The molecule has 2 aromatic rings. The van der Waals surface area contributed by atoms with Gasteiger partial charge in [0, 0.05) is 18.7 Å². The standard InChI is InChI=1S/C17H16N2O4S/c20-17(18-21)15-10-11-19(12-15)24(22,23)16-8-6-14(7-9-16)13-4-2-1-3-5-13/h1-10,21H,11-12H2,(H,18,20). The summed E-state index contributed by atoms with van der Waals surface area (Å²) in [5, 5.41) is 8.63. The summed E-state index contributed by atoms with van der Waals surface area (Å²) < 4.78 is 26.5. The number of amides is 1. The zero-order valence-electron chi connectivity index (χ0n) is 12.7. The zero-order chi connectivity index (χ0) is 17.2. The van der Waals surface area contributed by atoms with E-state index in [1.54, 1.807) is 24.3 Å². The van der Waals surface area contributed by atoms with Crippen LogP contribution in [0.3, 0.4) is 0 Å². The summed E-state index contributed by atoms with van der Waals surface area (Å²) in [5.41, 5.74) is 3.67. The van der Waals surface area contributed by atoms with E-state index in [0.717, 1.165) is 11.1 Å². The van der Waals surface area contributed by atoms with Crippen LogP contribution in [0.25, 0.3) is 11.1 Å². The van der Waals surface area contributed by atoms with E-state index >= 15 is 0 Å². The molecule has 24 heavy (non-hydrogen) atoms. The van der Waals surface area contributed by atoms with Gasteiger partial charge in [0.25, 0.3) is 5.91 Å². The van der Waals surface area contributed by atoms with Gasteiger partial charge in [-0.3, -0.25) is 10.0 Å². The maximum absolute atomic E-state index is 12.6. The first-order valence-electron chi connectivity index (χ1n) is 7.31. The van der Waals surface area contributed by atoms with E-state index < -0.39 is 15.9 Å². The normalized spacial score (nSPS) is 15.1. The summed E-state index contributed by atoms with van der Waals surface area (Å²) in [6, 6.07) is 16.3. The number of hydrogen-bond donors (Lipinski definition) is 2. The molecule has 0 aliphatic carbocycles. The fourth-order valence-electron chi connectivity index (χ4n) is 2.55. The van der Waals surface area contributed by atoms with Crippen LogP contribution in [0.5, 0.6) is 0 Å². The number of sulfonamides is 1. The molecule has 2 N–H and O–H groups in total. The van der Waals surface area contributed by atoms with Crippen molar-refractivity contribution in [3.8, 4) is 11.1 Å². The first-order chi connectivity index (χ1) is 11.5. The molecule has 3 rings (SSSR count). The Kier molecular flexibility index (Phi) is 4.48. The molecule has 0 atom stereocenters. The Bertz CT molecular complexity index is 875. The lowest BCUT2D eigenvalue weighted by Gasteiger charge is -2.16. The van der Waals surface area contributed by atoms with Crippen LogP contribution in [-0.2, 0) is 14.8 Å². The molecule has 1 amide bonds. The van der Waals surface area contributed by atoms with Gasteiger partial charge in [-0.25, -0.2) is 13.9 Å². The molecule has 1 heterocycles. The van der Waals surface area contributed by atoms with Gasteiger partial charge < -0.3 is 0 Å². The van der Waals surface area contributed by atoms with Crippen molar-refractivity contribution in [1.29, 1.82) is 0 Å². The van der Waals surface area contributed by atoms with Crippen LogP contribution < -0.4 is 5.48 Å². The van der Waals surface area contributed by atoms with Crippen molar-refractivity contribution >= 4 is 15.9 Å². The third-order valence-corrected chi connectivity index (χ3v) is 5.71. The van der Waals surface area contributed by atoms with Crippen LogP contribution >= 0.6 is 0 Å². The fourth-order valence-corrected chi connectivity index (χ4v) is 3.91. The van der Waals surface area contributed by atoms with Crippen LogP contribution in [-0.4, -0.2) is 36.9 Å². The van der Waals surface area contributed by atoms with Crippen LogP contribution in [0, 0.1) is 0 Å². The summed E-state index contributed by atoms with van der Waals surface area (Å²) in [5.74, 6) is -0.688. The molecule has 0 saturated heterocycles. The fraction of sp³-hybridized carbons (Fsp3) is 0.118. The monoisotopic (exact) mass is 344 g/mol. The number of carbonyl (C=O) groups excluding carboxylic acids is 1. The minimum Gasteiger partial charge on any atom is -0.288 e. The van der Waals surface area contributed by atoms with E-state index in [0.29, 0.717) is 0 Å². The first kappa shape index (κ1) is 16.4. The van der Waals surface area contributed by atoms with Crippen molar-refractivity contribution in [1.82, 2.24) is 9.79 Å². The number of hydroxylamine groups is 1. The molecule has 0 fully saturated rings. The number of nitrogens with one attached hydrogen (secondary N) is 1. The highest BCUT2D eigenvalue weighted by molar-refractivity contribution is 7.89. The highest BCUT2D eigenvalue weighted by atomic mass is 32.2. The van der Waals surface area contributed by atoms with Crippen molar-refractivity contribution in [2.75, 3.05) is 13.1 Å².